The second kappa shape index (κ2) is 7.75. The number of ketones is 1. The van der Waals surface area contributed by atoms with Gasteiger partial charge >= 0.3 is 0 Å². The Morgan fingerprint density at radius 2 is 2.00 bits per heavy atom. The van der Waals surface area contributed by atoms with Crippen LogP contribution in [0.5, 0.6) is 0 Å². The Balaban J connectivity index is 1.74. The van der Waals surface area contributed by atoms with Crippen LogP contribution in [0.25, 0.3) is 0 Å². The summed E-state index contributed by atoms with van der Waals surface area (Å²) in [6, 6.07) is 10.0. The predicted octanol–water partition coefficient (Wildman–Crippen LogP) is 3.10. The molecule has 1 amide bonds. The van der Waals surface area contributed by atoms with Crippen molar-refractivity contribution in [3.05, 3.63) is 65.3 Å². The third kappa shape index (κ3) is 3.53. The lowest BCUT2D eigenvalue weighted by Crippen LogP contribution is -2.37. The average Bonchev–Trinajstić information content (AvgIpc) is 3.46. The van der Waals surface area contributed by atoms with Gasteiger partial charge in [0.2, 0.25) is 5.78 Å². The van der Waals surface area contributed by atoms with E-state index in [9.17, 15) is 14.7 Å². The van der Waals surface area contributed by atoms with Crippen LogP contribution in [0.3, 0.4) is 0 Å². The highest BCUT2D eigenvalue weighted by atomic mass is 16.5. The lowest BCUT2D eigenvalue weighted by molar-refractivity contribution is -0.131. The Morgan fingerprint density at radius 3 is 2.59 bits per heavy atom. The van der Waals surface area contributed by atoms with Gasteiger partial charge in [-0.1, -0.05) is 12.1 Å². The molecule has 0 spiro atoms. The molecule has 7 heteroatoms. The molecule has 1 aromatic heterocycles. The van der Waals surface area contributed by atoms with E-state index >= 15 is 0 Å². The zero-order chi connectivity index (χ0) is 20.5. The van der Waals surface area contributed by atoms with Gasteiger partial charge in [-0.25, -0.2) is 0 Å². The molecule has 152 valence electrons. The van der Waals surface area contributed by atoms with Gasteiger partial charge in [0.25, 0.3) is 5.91 Å². The number of furan rings is 1. The molecule has 29 heavy (non-hydrogen) atoms. The molecular weight excluding hydrogens is 372 g/mol. The molecule has 1 fully saturated rings. The van der Waals surface area contributed by atoms with Gasteiger partial charge in [-0.3, -0.25) is 9.59 Å². The largest absolute Gasteiger partial charge is 0.503 e. The molecule has 1 N–H and O–H groups in total. The summed E-state index contributed by atoms with van der Waals surface area (Å²) in [6.45, 7) is 0.977. The van der Waals surface area contributed by atoms with Crippen LogP contribution in [-0.2, 0) is 9.53 Å². The molecule has 0 aliphatic carbocycles. The van der Waals surface area contributed by atoms with Crippen molar-refractivity contribution in [1.82, 2.24) is 4.90 Å². The van der Waals surface area contributed by atoms with Crippen molar-refractivity contribution in [1.29, 1.82) is 0 Å². The second-order valence-corrected chi connectivity index (χ2v) is 7.55. The normalized spacial score (nSPS) is 21.9. The molecule has 7 nitrogen and oxygen atoms in total. The van der Waals surface area contributed by atoms with E-state index < -0.39 is 23.5 Å². The molecule has 2 atom stereocenters. The summed E-state index contributed by atoms with van der Waals surface area (Å²) in [5, 5.41) is 10.6. The fourth-order valence-electron chi connectivity index (χ4n) is 3.92. The molecule has 3 heterocycles. The highest BCUT2D eigenvalue weighted by molar-refractivity contribution is 6.15. The van der Waals surface area contributed by atoms with Gasteiger partial charge in [0.1, 0.15) is 0 Å². The molecule has 0 saturated carbocycles. The van der Waals surface area contributed by atoms with Crippen LogP contribution < -0.4 is 4.90 Å². The van der Waals surface area contributed by atoms with Crippen molar-refractivity contribution < 1.29 is 23.8 Å². The maximum atomic E-state index is 13.1. The lowest BCUT2D eigenvalue weighted by atomic mass is 9.94. The fraction of sp³-hybridized carbons (Fsp3) is 0.364. The molecule has 2 aromatic rings. The van der Waals surface area contributed by atoms with E-state index in [-0.39, 0.29) is 17.4 Å². The van der Waals surface area contributed by atoms with Crippen LogP contribution in [0, 0.1) is 0 Å². The Kier molecular flexibility index (Phi) is 5.15. The van der Waals surface area contributed by atoms with Crippen molar-refractivity contribution in [2.45, 2.75) is 25.0 Å². The van der Waals surface area contributed by atoms with Crippen LogP contribution in [0.1, 0.15) is 35.0 Å². The van der Waals surface area contributed by atoms with Crippen LogP contribution in [-0.4, -0.2) is 55.0 Å². The van der Waals surface area contributed by atoms with E-state index in [4.69, 9.17) is 9.15 Å². The zero-order valence-electron chi connectivity index (χ0n) is 16.5. The van der Waals surface area contributed by atoms with Gasteiger partial charge in [-0.05, 0) is 42.7 Å². The number of ether oxygens (including phenoxy) is 1. The van der Waals surface area contributed by atoms with Crippen molar-refractivity contribution in [2.24, 2.45) is 0 Å². The van der Waals surface area contributed by atoms with E-state index in [2.05, 4.69) is 0 Å². The number of aliphatic hydroxyl groups excluding tert-OH is 1. The monoisotopic (exact) mass is 396 g/mol. The number of hydrogen-bond donors (Lipinski definition) is 1. The number of Topliss-reactive ketones (excluding diaryl/α,β-unsaturated/α-hetero) is 1. The van der Waals surface area contributed by atoms with E-state index in [1.54, 1.807) is 6.07 Å². The highest BCUT2D eigenvalue weighted by Crippen LogP contribution is 2.40. The minimum atomic E-state index is -0.694. The van der Waals surface area contributed by atoms with Crippen molar-refractivity contribution >= 4 is 17.4 Å². The molecule has 0 bridgehead atoms. The maximum absolute atomic E-state index is 13.1. The number of amides is 1. The van der Waals surface area contributed by atoms with Crippen LogP contribution in [0.15, 0.2) is 58.4 Å². The van der Waals surface area contributed by atoms with Gasteiger partial charge in [0.15, 0.2) is 11.5 Å². The highest BCUT2D eigenvalue weighted by Gasteiger charge is 2.45. The first-order valence-corrected chi connectivity index (χ1v) is 9.68. The molecule has 2 aliphatic rings. The Labute approximate surface area is 169 Å². The molecule has 2 aliphatic heterocycles. The first-order chi connectivity index (χ1) is 14.0. The number of carbonyl (C=O) groups excluding carboxylic acids is 2. The van der Waals surface area contributed by atoms with Crippen molar-refractivity contribution in [2.75, 3.05) is 32.1 Å². The second-order valence-electron chi connectivity index (χ2n) is 7.55. The van der Waals surface area contributed by atoms with E-state index in [1.165, 1.54) is 17.2 Å². The third-order valence-electron chi connectivity index (χ3n) is 5.44. The van der Waals surface area contributed by atoms with Crippen molar-refractivity contribution in [3.63, 3.8) is 0 Å². The number of benzene rings is 1. The van der Waals surface area contributed by atoms with E-state index in [0.717, 1.165) is 24.1 Å². The summed E-state index contributed by atoms with van der Waals surface area (Å²) in [6.07, 6.45) is 3.07. The van der Waals surface area contributed by atoms with Gasteiger partial charge in [-0.15, -0.1) is 0 Å². The maximum Gasteiger partial charge on any atom is 0.290 e. The number of rotatable bonds is 6. The van der Waals surface area contributed by atoms with Gasteiger partial charge in [-0.2, -0.15) is 0 Å². The van der Waals surface area contributed by atoms with Crippen LogP contribution in [0.2, 0.25) is 0 Å². The number of hydrogen-bond acceptors (Lipinski definition) is 6. The SMILES string of the molecule is CN(C)c1ccc([C@H]2C(C(=O)c3ccco3)=C(O)C(=O)N2C[C@@H]2CCCO2)cc1. The Morgan fingerprint density at radius 1 is 1.24 bits per heavy atom. The van der Waals surface area contributed by atoms with E-state index in [0.29, 0.717) is 13.2 Å². The van der Waals surface area contributed by atoms with Crippen LogP contribution >= 0.6 is 0 Å². The summed E-state index contributed by atoms with van der Waals surface area (Å²) in [7, 11) is 3.88. The first kappa shape index (κ1) is 19.3. The molecular formula is C22H24N2O5. The van der Waals surface area contributed by atoms with Gasteiger partial charge < -0.3 is 24.1 Å². The fourth-order valence-corrected chi connectivity index (χ4v) is 3.92. The summed E-state index contributed by atoms with van der Waals surface area (Å²) in [5.41, 5.74) is 1.79. The van der Waals surface area contributed by atoms with E-state index in [1.807, 2.05) is 43.3 Å². The quantitative estimate of drug-likeness (QED) is 0.756. The number of anilines is 1. The minimum absolute atomic E-state index is 0.0422. The number of aliphatic hydroxyl groups is 1. The molecule has 1 saturated heterocycles. The number of carbonyl (C=O) groups is 2. The number of nitrogens with zero attached hydrogens (tertiary/aromatic N) is 2. The standard InChI is InChI=1S/C22H24N2O5/c1-23(2)15-9-7-14(8-10-15)19-18(20(25)17-6-4-12-29-17)21(26)22(27)24(19)13-16-5-3-11-28-16/h4,6-10,12,16,19,26H,3,5,11,13H2,1-2H3/t16-,19-/m0/s1. The van der Waals surface area contributed by atoms with Gasteiger partial charge in [0.05, 0.1) is 24.0 Å². The molecule has 0 radical (unpaired) electrons. The molecule has 0 unspecified atom stereocenters. The molecule has 1 aromatic carbocycles. The zero-order valence-corrected chi connectivity index (χ0v) is 16.5. The Hall–Kier alpha value is -3.06. The minimum Gasteiger partial charge on any atom is -0.503 e. The third-order valence-corrected chi connectivity index (χ3v) is 5.44. The molecule has 4 rings (SSSR count). The first-order valence-electron chi connectivity index (χ1n) is 9.68. The van der Waals surface area contributed by atoms with Crippen molar-refractivity contribution in [3.8, 4) is 0 Å². The van der Waals surface area contributed by atoms with Crippen LogP contribution in [0.4, 0.5) is 5.69 Å². The summed E-state index contributed by atoms with van der Waals surface area (Å²) < 4.78 is 10.9. The summed E-state index contributed by atoms with van der Waals surface area (Å²) in [5.74, 6) is -1.48. The summed E-state index contributed by atoms with van der Waals surface area (Å²) >= 11 is 0. The smallest absolute Gasteiger partial charge is 0.290 e. The topological polar surface area (TPSA) is 83.2 Å². The Bertz CT molecular complexity index is 925. The predicted molar refractivity (Wildman–Crippen MR) is 107 cm³/mol. The average molecular weight is 396 g/mol. The van der Waals surface area contributed by atoms with Gasteiger partial charge in [0, 0.05) is 32.9 Å². The summed E-state index contributed by atoms with van der Waals surface area (Å²) in [4.78, 5) is 29.5. The lowest BCUT2D eigenvalue weighted by Gasteiger charge is -2.29.